The van der Waals surface area contributed by atoms with E-state index in [1.54, 1.807) is 10.3 Å². The molecule has 3 aromatic rings. The Balaban J connectivity index is 1.58. The van der Waals surface area contributed by atoms with Crippen LogP contribution in [-0.4, -0.2) is 60.4 Å². The molecule has 0 bridgehead atoms. The Morgan fingerprint density at radius 2 is 1.76 bits per heavy atom. The Morgan fingerprint density at radius 3 is 2.34 bits per heavy atom. The molecule has 9 nitrogen and oxygen atoms in total. The van der Waals surface area contributed by atoms with Crippen molar-refractivity contribution in [2.45, 2.75) is 49.8 Å². The summed E-state index contributed by atoms with van der Waals surface area (Å²) in [4.78, 5) is 30.2. The zero-order chi connectivity index (χ0) is 29.9. The zero-order valence-electron chi connectivity index (χ0n) is 22.3. The lowest BCUT2D eigenvalue weighted by atomic mass is 10.0. The fraction of sp³-hybridized carbons (Fsp3) is 0.370. The molecule has 1 aromatic heterocycles. The largest absolute Gasteiger partial charge is 0.481 e. The molecule has 1 atom stereocenters. The van der Waals surface area contributed by atoms with E-state index in [1.807, 2.05) is 24.3 Å². The summed E-state index contributed by atoms with van der Waals surface area (Å²) in [6, 6.07) is 9.58. The predicted molar refractivity (Wildman–Crippen MR) is 147 cm³/mol. The van der Waals surface area contributed by atoms with Gasteiger partial charge in [0.2, 0.25) is 15.9 Å². The lowest BCUT2D eigenvalue weighted by Crippen LogP contribution is -2.60. The molecule has 1 saturated heterocycles. The number of halogens is 3. The van der Waals surface area contributed by atoms with Crippen molar-refractivity contribution in [1.82, 2.24) is 14.6 Å². The Bertz CT molecular complexity index is 1490. The number of nitrogens with zero attached hydrogens (tertiary/aromatic N) is 3. The van der Waals surface area contributed by atoms with Gasteiger partial charge in [-0.1, -0.05) is 38.1 Å². The van der Waals surface area contributed by atoms with Crippen molar-refractivity contribution < 1.29 is 36.3 Å². The Morgan fingerprint density at radius 1 is 1.10 bits per heavy atom. The topological polar surface area (TPSA) is 120 Å². The van der Waals surface area contributed by atoms with Gasteiger partial charge in [0, 0.05) is 31.6 Å². The number of carbonyl (C=O) groups is 2. The van der Waals surface area contributed by atoms with Crippen LogP contribution in [0.25, 0.3) is 0 Å². The van der Waals surface area contributed by atoms with Crippen LogP contribution < -0.4 is 10.2 Å². The molecule has 1 fully saturated rings. The molecule has 0 radical (unpaired) electrons. The summed E-state index contributed by atoms with van der Waals surface area (Å²) in [6.45, 7) is 4.17. The van der Waals surface area contributed by atoms with E-state index in [0.717, 1.165) is 27.6 Å². The number of amides is 1. The third kappa shape index (κ3) is 7.24. The summed E-state index contributed by atoms with van der Waals surface area (Å²) < 4.78 is 67.3. The molecule has 2 N–H and O–H groups in total. The number of anilines is 1. The minimum atomic E-state index is -4.63. The molecule has 4 rings (SSSR count). The number of carboxylic acid groups (broad SMARTS) is 1. The summed E-state index contributed by atoms with van der Waals surface area (Å²) in [5, 5.41) is 13.9. The van der Waals surface area contributed by atoms with Crippen LogP contribution >= 0.6 is 11.3 Å². The van der Waals surface area contributed by atoms with Gasteiger partial charge in [0.15, 0.2) is 5.13 Å². The first-order valence-corrected chi connectivity index (χ1v) is 15.0. The normalized spacial score (nSPS) is 16.6. The van der Waals surface area contributed by atoms with Crippen LogP contribution in [0.3, 0.4) is 0 Å². The maximum Gasteiger partial charge on any atom is 0.416 e. The van der Waals surface area contributed by atoms with Gasteiger partial charge in [-0.3, -0.25) is 9.59 Å². The van der Waals surface area contributed by atoms with E-state index in [9.17, 15) is 31.2 Å². The minimum Gasteiger partial charge on any atom is -0.481 e. The molecule has 41 heavy (non-hydrogen) atoms. The SMILES string of the molecule is CC(C)c1ccc(CNC(=O)[C@H]2CN(c3nc(CC(=O)O)cs3)CCN2S(=O)(=O)c2ccc(C(F)(F)F)cc2)cc1. The first-order valence-electron chi connectivity index (χ1n) is 12.7. The molecule has 0 saturated carbocycles. The summed E-state index contributed by atoms with van der Waals surface area (Å²) in [6.07, 6.45) is -4.91. The molecule has 14 heteroatoms. The Kier molecular flexibility index (Phi) is 9.04. The molecule has 1 amide bonds. The molecular formula is C27H29F3N4O5S2. The molecule has 220 valence electrons. The molecule has 0 unspecified atom stereocenters. The van der Waals surface area contributed by atoms with Crippen LogP contribution in [0.1, 0.15) is 42.1 Å². The number of sulfonamides is 1. The second kappa shape index (κ2) is 12.2. The lowest BCUT2D eigenvalue weighted by molar-refractivity contribution is -0.138. The molecule has 0 aliphatic carbocycles. The number of hydrogen-bond acceptors (Lipinski definition) is 7. The van der Waals surface area contributed by atoms with Crippen molar-refractivity contribution in [1.29, 1.82) is 0 Å². The monoisotopic (exact) mass is 610 g/mol. The van der Waals surface area contributed by atoms with Crippen LogP contribution in [0.15, 0.2) is 58.8 Å². The highest BCUT2D eigenvalue weighted by atomic mass is 32.2. The van der Waals surface area contributed by atoms with Gasteiger partial charge in [0.1, 0.15) is 6.04 Å². The summed E-state index contributed by atoms with van der Waals surface area (Å²) in [5.74, 6) is -1.30. The number of carbonyl (C=O) groups excluding carboxylic acids is 1. The number of hydrogen-bond donors (Lipinski definition) is 2. The van der Waals surface area contributed by atoms with Gasteiger partial charge in [-0.2, -0.15) is 17.5 Å². The van der Waals surface area contributed by atoms with Crippen molar-refractivity contribution in [3.63, 3.8) is 0 Å². The number of rotatable bonds is 9. The Hall–Kier alpha value is -3.49. The highest BCUT2D eigenvalue weighted by Crippen LogP contribution is 2.32. The maximum atomic E-state index is 13.6. The molecular weight excluding hydrogens is 581 g/mol. The van der Waals surface area contributed by atoms with Crippen molar-refractivity contribution in [3.8, 4) is 0 Å². The number of carboxylic acids is 1. The van der Waals surface area contributed by atoms with Gasteiger partial charge in [-0.15, -0.1) is 11.3 Å². The summed E-state index contributed by atoms with van der Waals surface area (Å²) in [7, 11) is -4.35. The molecule has 1 aliphatic heterocycles. The highest BCUT2D eigenvalue weighted by molar-refractivity contribution is 7.89. The average Bonchev–Trinajstić information content (AvgIpc) is 3.39. The molecule has 2 aromatic carbocycles. The second-order valence-corrected chi connectivity index (χ2v) is 12.6. The molecule has 0 spiro atoms. The number of thiazole rings is 1. The second-order valence-electron chi connectivity index (χ2n) is 9.91. The van der Waals surface area contributed by atoms with E-state index in [0.29, 0.717) is 28.9 Å². The first kappa shape index (κ1) is 30.5. The van der Waals surface area contributed by atoms with E-state index in [4.69, 9.17) is 5.11 Å². The number of nitrogens with one attached hydrogen (secondary N) is 1. The van der Waals surface area contributed by atoms with E-state index in [-0.39, 0.29) is 37.5 Å². The van der Waals surface area contributed by atoms with Crippen molar-refractivity contribution in [2.75, 3.05) is 24.5 Å². The van der Waals surface area contributed by atoms with Crippen LogP contribution in [0.5, 0.6) is 0 Å². The molecule has 2 heterocycles. The van der Waals surface area contributed by atoms with Crippen molar-refractivity contribution in [2.24, 2.45) is 0 Å². The van der Waals surface area contributed by atoms with E-state index >= 15 is 0 Å². The van der Waals surface area contributed by atoms with Crippen LogP contribution in [0.4, 0.5) is 18.3 Å². The van der Waals surface area contributed by atoms with Crippen molar-refractivity contribution >= 4 is 38.4 Å². The number of alkyl halides is 3. The zero-order valence-corrected chi connectivity index (χ0v) is 23.9. The smallest absolute Gasteiger partial charge is 0.416 e. The third-order valence-electron chi connectivity index (χ3n) is 6.68. The van der Waals surface area contributed by atoms with Gasteiger partial charge in [-0.25, -0.2) is 13.4 Å². The van der Waals surface area contributed by atoms with Crippen molar-refractivity contribution in [3.05, 3.63) is 76.3 Å². The predicted octanol–water partition coefficient (Wildman–Crippen LogP) is 4.11. The fourth-order valence-corrected chi connectivity index (χ4v) is 6.83. The van der Waals surface area contributed by atoms with Crippen LogP contribution in [0, 0.1) is 0 Å². The third-order valence-corrected chi connectivity index (χ3v) is 9.55. The van der Waals surface area contributed by atoms with Gasteiger partial charge < -0.3 is 15.3 Å². The van der Waals surface area contributed by atoms with Gasteiger partial charge in [0.25, 0.3) is 0 Å². The highest BCUT2D eigenvalue weighted by Gasteiger charge is 2.41. The van der Waals surface area contributed by atoms with Gasteiger partial charge in [-0.05, 0) is 41.3 Å². The lowest BCUT2D eigenvalue weighted by Gasteiger charge is -2.39. The summed E-state index contributed by atoms with van der Waals surface area (Å²) >= 11 is 1.18. The van der Waals surface area contributed by atoms with Gasteiger partial charge >= 0.3 is 12.1 Å². The van der Waals surface area contributed by atoms with E-state index in [2.05, 4.69) is 24.1 Å². The average molecular weight is 611 g/mol. The number of aromatic nitrogens is 1. The quantitative estimate of drug-likeness (QED) is 0.374. The first-order chi connectivity index (χ1) is 19.3. The molecule has 1 aliphatic rings. The minimum absolute atomic E-state index is 0.0853. The Labute approximate surface area is 239 Å². The van der Waals surface area contributed by atoms with Crippen LogP contribution in [0.2, 0.25) is 0 Å². The number of benzene rings is 2. The number of piperazine rings is 1. The maximum absolute atomic E-state index is 13.6. The summed E-state index contributed by atoms with van der Waals surface area (Å²) in [5.41, 5.74) is 1.29. The van der Waals surface area contributed by atoms with E-state index in [1.165, 1.54) is 11.3 Å². The number of aliphatic carboxylic acids is 1. The van der Waals surface area contributed by atoms with E-state index < -0.39 is 39.7 Å². The standard InChI is InChI=1S/C27H29F3N4O5S2/c1-17(2)19-5-3-18(4-6-19)14-31-25(37)23-15-33(26-32-21(16-40-26)13-24(35)36)11-12-34(23)41(38,39)22-9-7-20(8-10-22)27(28,29)30/h3-10,16-17,23H,11-15H2,1-2H3,(H,31,37)(H,35,36)/t23-/m1/s1. The van der Waals surface area contributed by atoms with Crippen LogP contribution in [-0.2, 0) is 38.8 Å². The van der Waals surface area contributed by atoms with Gasteiger partial charge in [0.05, 0.1) is 22.6 Å². The fourth-order valence-electron chi connectivity index (χ4n) is 4.40.